The van der Waals surface area contributed by atoms with Gasteiger partial charge in [0.05, 0.1) is 6.54 Å². The maximum Gasteiger partial charge on any atom is 0.317 e. The van der Waals surface area contributed by atoms with Crippen LogP contribution in [-0.4, -0.2) is 59.1 Å². The Kier molecular flexibility index (Phi) is 9.50. The molecule has 1 aromatic rings. The molecule has 1 aliphatic heterocycles. The van der Waals surface area contributed by atoms with Crippen LogP contribution in [0.15, 0.2) is 18.2 Å². The molecule has 26 heavy (non-hydrogen) atoms. The average molecular weight is 425 g/mol. The fraction of sp³-hybridized carbons (Fsp3) is 0.529. The van der Waals surface area contributed by atoms with Crippen LogP contribution in [0.5, 0.6) is 0 Å². The van der Waals surface area contributed by atoms with Gasteiger partial charge in [-0.15, -0.1) is 12.4 Å². The van der Waals surface area contributed by atoms with Crippen molar-refractivity contribution in [1.29, 1.82) is 0 Å². The van der Waals surface area contributed by atoms with Crippen LogP contribution >= 0.6 is 35.6 Å². The van der Waals surface area contributed by atoms with E-state index < -0.39 is 5.97 Å². The van der Waals surface area contributed by atoms with Crippen molar-refractivity contribution in [3.63, 3.8) is 0 Å². The molecule has 0 unspecified atom stereocenters. The van der Waals surface area contributed by atoms with Gasteiger partial charge in [0.2, 0.25) is 0 Å². The number of amides is 2. The number of rotatable bonds is 6. The number of hydrogen-bond donors (Lipinski definition) is 2. The molecule has 0 atom stereocenters. The number of carboxylic acid groups (broad SMARTS) is 1. The van der Waals surface area contributed by atoms with Gasteiger partial charge in [-0.25, -0.2) is 4.79 Å². The van der Waals surface area contributed by atoms with E-state index in [0.717, 1.165) is 18.4 Å². The highest BCUT2D eigenvalue weighted by molar-refractivity contribution is 6.33. The summed E-state index contributed by atoms with van der Waals surface area (Å²) in [4.78, 5) is 26.8. The summed E-state index contributed by atoms with van der Waals surface area (Å²) < 4.78 is 0. The number of benzene rings is 1. The van der Waals surface area contributed by atoms with E-state index in [0.29, 0.717) is 36.2 Å². The van der Waals surface area contributed by atoms with Crippen LogP contribution in [0.2, 0.25) is 10.0 Å². The highest BCUT2D eigenvalue weighted by Crippen LogP contribution is 2.25. The van der Waals surface area contributed by atoms with E-state index in [9.17, 15) is 14.7 Å². The van der Waals surface area contributed by atoms with E-state index in [4.69, 9.17) is 23.2 Å². The van der Waals surface area contributed by atoms with Crippen LogP contribution in [-0.2, 0) is 11.3 Å². The van der Waals surface area contributed by atoms with Gasteiger partial charge in [-0.1, -0.05) is 23.2 Å². The smallest absolute Gasteiger partial charge is 0.317 e. The number of halogens is 3. The van der Waals surface area contributed by atoms with Crippen molar-refractivity contribution in [2.24, 2.45) is 0 Å². The second-order valence-corrected chi connectivity index (χ2v) is 6.93. The lowest BCUT2D eigenvalue weighted by Gasteiger charge is -2.38. The number of piperidine rings is 1. The summed E-state index contributed by atoms with van der Waals surface area (Å²) in [6.07, 6.45) is 1.45. The van der Waals surface area contributed by atoms with Crippen LogP contribution in [0.1, 0.15) is 25.3 Å². The van der Waals surface area contributed by atoms with E-state index >= 15 is 0 Å². The number of likely N-dealkylation sites (tertiary alicyclic amines) is 1. The minimum atomic E-state index is -0.885. The van der Waals surface area contributed by atoms with Gasteiger partial charge in [0.25, 0.3) is 0 Å². The van der Waals surface area contributed by atoms with Crippen LogP contribution < -0.4 is 5.32 Å². The minimum Gasteiger partial charge on any atom is -0.480 e. The first-order valence-electron chi connectivity index (χ1n) is 8.33. The monoisotopic (exact) mass is 423 g/mol. The van der Waals surface area contributed by atoms with E-state index in [-0.39, 0.29) is 31.0 Å². The molecule has 2 N–H and O–H groups in total. The van der Waals surface area contributed by atoms with Gasteiger partial charge in [0.15, 0.2) is 0 Å². The van der Waals surface area contributed by atoms with Gasteiger partial charge in [-0.2, -0.15) is 0 Å². The summed E-state index contributed by atoms with van der Waals surface area (Å²) in [5, 5.41) is 13.2. The third-order valence-corrected chi connectivity index (χ3v) is 4.92. The fourth-order valence-electron chi connectivity index (χ4n) is 3.07. The van der Waals surface area contributed by atoms with Crippen molar-refractivity contribution < 1.29 is 14.7 Å². The molecule has 6 nitrogen and oxygen atoms in total. The van der Waals surface area contributed by atoms with Gasteiger partial charge >= 0.3 is 12.0 Å². The quantitative estimate of drug-likeness (QED) is 0.733. The lowest BCUT2D eigenvalue weighted by atomic mass is 10.0. The molecule has 0 spiro atoms. The van der Waals surface area contributed by atoms with E-state index in [1.807, 2.05) is 11.8 Å². The van der Waals surface area contributed by atoms with Crippen molar-refractivity contribution in [1.82, 2.24) is 15.1 Å². The number of carbonyl (C=O) groups excluding carboxylic acids is 1. The molecule has 0 bridgehead atoms. The van der Waals surface area contributed by atoms with Crippen molar-refractivity contribution in [3.8, 4) is 0 Å². The third-order valence-electron chi connectivity index (χ3n) is 4.32. The van der Waals surface area contributed by atoms with Crippen molar-refractivity contribution in [2.75, 3.05) is 26.2 Å². The molecule has 1 heterocycles. The molecule has 0 aliphatic carbocycles. The van der Waals surface area contributed by atoms with Gasteiger partial charge in [-0.05, 0) is 43.5 Å². The third kappa shape index (κ3) is 6.50. The normalized spacial score (nSPS) is 14.8. The first-order chi connectivity index (χ1) is 11.9. The summed E-state index contributed by atoms with van der Waals surface area (Å²) in [6, 6.07) is 5.21. The minimum absolute atomic E-state index is 0. The zero-order chi connectivity index (χ0) is 18.4. The molecule has 1 aliphatic rings. The highest BCUT2D eigenvalue weighted by atomic mass is 35.5. The van der Waals surface area contributed by atoms with Gasteiger partial charge < -0.3 is 15.3 Å². The van der Waals surface area contributed by atoms with Crippen molar-refractivity contribution in [2.45, 2.75) is 32.4 Å². The fourth-order valence-corrected chi connectivity index (χ4v) is 3.44. The molecule has 9 heteroatoms. The molecule has 1 aromatic carbocycles. The maximum atomic E-state index is 11.9. The first-order valence-corrected chi connectivity index (χ1v) is 9.08. The predicted octanol–water partition coefficient (Wildman–Crippen LogP) is 3.50. The summed E-state index contributed by atoms with van der Waals surface area (Å²) in [7, 11) is 0. The summed E-state index contributed by atoms with van der Waals surface area (Å²) in [5.74, 6) is -0.885. The topological polar surface area (TPSA) is 72.9 Å². The van der Waals surface area contributed by atoms with Crippen LogP contribution in [0.4, 0.5) is 4.79 Å². The molecule has 146 valence electrons. The number of urea groups is 1. The Morgan fingerprint density at radius 3 is 2.54 bits per heavy atom. The number of hydrogen-bond acceptors (Lipinski definition) is 3. The number of nitrogens with one attached hydrogen (secondary N) is 1. The highest BCUT2D eigenvalue weighted by Gasteiger charge is 2.28. The zero-order valence-corrected chi connectivity index (χ0v) is 16.9. The van der Waals surface area contributed by atoms with Gasteiger partial charge in [-0.3, -0.25) is 9.69 Å². The molecule has 2 rings (SSSR count). The maximum absolute atomic E-state index is 11.9. The Hall–Kier alpha value is -1.21. The molecule has 2 amide bonds. The van der Waals surface area contributed by atoms with Crippen molar-refractivity contribution >= 4 is 47.6 Å². The van der Waals surface area contributed by atoms with Crippen LogP contribution in [0, 0.1) is 0 Å². The second-order valence-electron chi connectivity index (χ2n) is 6.09. The van der Waals surface area contributed by atoms with Gasteiger partial charge in [0, 0.05) is 42.3 Å². The Morgan fingerprint density at radius 2 is 1.96 bits per heavy atom. The van der Waals surface area contributed by atoms with Gasteiger partial charge in [0.1, 0.15) is 0 Å². The average Bonchev–Trinajstić information content (AvgIpc) is 2.57. The Bertz CT molecular complexity index is 623. The van der Waals surface area contributed by atoms with E-state index in [1.165, 1.54) is 0 Å². The lowest BCUT2D eigenvalue weighted by Crippen LogP contribution is -2.50. The van der Waals surface area contributed by atoms with E-state index in [2.05, 4.69) is 5.32 Å². The number of carbonyl (C=O) groups is 2. The summed E-state index contributed by atoms with van der Waals surface area (Å²) >= 11 is 12.3. The standard InChI is InChI=1S/C17H23Cl2N3O3.ClH/c1-2-20-17(25)21-7-5-14(6-8-21)22(11-16(23)24)10-12-9-13(18)3-4-15(12)19;/h3-4,9,14H,2,5-8,10-11H2,1H3,(H,20,25)(H,23,24);1H. The largest absolute Gasteiger partial charge is 0.480 e. The molecular formula is C17H24Cl3N3O3. The molecule has 0 saturated carbocycles. The van der Waals surface area contributed by atoms with Crippen LogP contribution in [0.3, 0.4) is 0 Å². The summed E-state index contributed by atoms with van der Waals surface area (Å²) in [5.41, 5.74) is 0.807. The SMILES string of the molecule is CCNC(=O)N1CCC(N(CC(=O)O)Cc2cc(Cl)ccc2Cl)CC1.Cl. The first kappa shape index (κ1) is 22.8. The number of aliphatic carboxylic acids is 1. The van der Waals surface area contributed by atoms with Crippen LogP contribution in [0.25, 0.3) is 0 Å². The molecule has 1 saturated heterocycles. The molecule has 0 aromatic heterocycles. The Morgan fingerprint density at radius 1 is 1.31 bits per heavy atom. The Balaban J connectivity index is 0.00000338. The van der Waals surface area contributed by atoms with E-state index in [1.54, 1.807) is 23.1 Å². The number of carboxylic acids is 1. The Labute approximate surface area is 169 Å². The van der Waals surface area contributed by atoms with Crippen molar-refractivity contribution in [3.05, 3.63) is 33.8 Å². The molecule has 0 radical (unpaired) electrons. The second kappa shape index (κ2) is 10.8. The predicted molar refractivity (Wildman–Crippen MR) is 105 cm³/mol. The molecule has 1 fully saturated rings. The summed E-state index contributed by atoms with van der Waals surface area (Å²) in [6.45, 7) is 4.03. The molecular weight excluding hydrogens is 401 g/mol. The zero-order valence-electron chi connectivity index (χ0n) is 14.6. The lowest BCUT2D eigenvalue weighted by molar-refractivity contribution is -0.139. The number of nitrogens with zero attached hydrogens (tertiary/aromatic N) is 2.